The summed E-state index contributed by atoms with van der Waals surface area (Å²) in [5.41, 5.74) is 1.97. The molecule has 102 valence electrons. The number of carbonyl (C=O) groups is 1. The molecule has 1 atom stereocenters. The second-order valence-corrected chi connectivity index (χ2v) is 4.99. The number of hydrogen-bond acceptors (Lipinski definition) is 3. The molecule has 1 amide bonds. The molecule has 0 aliphatic rings. The van der Waals surface area contributed by atoms with Crippen LogP contribution in [-0.2, 0) is 4.79 Å². The fourth-order valence-electron chi connectivity index (χ4n) is 1.57. The van der Waals surface area contributed by atoms with E-state index >= 15 is 0 Å². The van der Waals surface area contributed by atoms with Crippen LogP contribution in [0.5, 0.6) is 0 Å². The zero-order valence-corrected chi connectivity index (χ0v) is 12.1. The number of thioether (sulfide) groups is 1. The van der Waals surface area contributed by atoms with E-state index in [2.05, 4.69) is 17.2 Å². The summed E-state index contributed by atoms with van der Waals surface area (Å²) in [6.45, 7) is 2.05. The first-order valence-electron chi connectivity index (χ1n) is 6.15. The second kappa shape index (κ2) is 8.63. The van der Waals surface area contributed by atoms with Crippen LogP contribution in [0.25, 0.3) is 0 Å². The van der Waals surface area contributed by atoms with Gasteiger partial charge in [-0.15, -0.1) is 0 Å². The summed E-state index contributed by atoms with van der Waals surface area (Å²) in [7, 11) is 0. The molecule has 0 saturated heterocycles. The monoisotopic (exact) mass is 277 g/mol. The Morgan fingerprint density at radius 3 is 2.68 bits per heavy atom. The van der Waals surface area contributed by atoms with Crippen LogP contribution in [0.15, 0.2) is 24.3 Å². The average Bonchev–Trinajstić information content (AvgIpc) is 2.40. The second-order valence-electron chi connectivity index (χ2n) is 4.12. The molecule has 1 rings (SSSR count). The van der Waals surface area contributed by atoms with Crippen molar-refractivity contribution in [3.8, 4) is 11.8 Å². The highest BCUT2D eigenvalue weighted by molar-refractivity contribution is 7.99. The summed E-state index contributed by atoms with van der Waals surface area (Å²) in [6.07, 6.45) is 2.40. The molecule has 1 aromatic rings. The molecule has 3 nitrogen and oxygen atoms in total. The van der Waals surface area contributed by atoms with Crippen molar-refractivity contribution >= 4 is 17.7 Å². The summed E-state index contributed by atoms with van der Waals surface area (Å²) in [6, 6.07) is 7.78. The van der Waals surface area contributed by atoms with Crippen LogP contribution in [0.2, 0.25) is 0 Å². The van der Waals surface area contributed by atoms with Crippen molar-refractivity contribution in [2.75, 3.05) is 18.6 Å². The quantitative estimate of drug-likeness (QED) is 0.809. The maximum absolute atomic E-state index is 11.5. The van der Waals surface area contributed by atoms with Gasteiger partial charge in [0.15, 0.2) is 0 Å². The van der Waals surface area contributed by atoms with Crippen molar-refractivity contribution < 1.29 is 9.90 Å². The van der Waals surface area contributed by atoms with Gasteiger partial charge in [0.05, 0.1) is 18.4 Å². The highest BCUT2D eigenvalue weighted by Crippen LogP contribution is 2.13. The summed E-state index contributed by atoms with van der Waals surface area (Å²) >= 11 is 1.51. The number of hydrogen-bond donors (Lipinski definition) is 2. The Morgan fingerprint density at radius 1 is 1.42 bits per heavy atom. The van der Waals surface area contributed by atoms with Gasteiger partial charge in [0.25, 0.3) is 0 Å². The smallest absolute Gasteiger partial charge is 0.230 e. The molecule has 0 heterocycles. The van der Waals surface area contributed by atoms with Crippen LogP contribution >= 0.6 is 11.8 Å². The largest absolute Gasteiger partial charge is 0.395 e. The van der Waals surface area contributed by atoms with Crippen LogP contribution in [0.1, 0.15) is 30.5 Å². The lowest BCUT2D eigenvalue weighted by Crippen LogP contribution is -2.28. The molecule has 1 aromatic carbocycles. The van der Waals surface area contributed by atoms with Crippen molar-refractivity contribution in [3.05, 3.63) is 35.4 Å². The Bertz CT molecular complexity index is 459. The Balaban J connectivity index is 2.61. The molecule has 0 radical (unpaired) electrons. The van der Waals surface area contributed by atoms with Crippen molar-refractivity contribution in [3.63, 3.8) is 0 Å². The van der Waals surface area contributed by atoms with Crippen molar-refractivity contribution in [2.45, 2.75) is 19.4 Å². The molecule has 2 N–H and O–H groups in total. The van der Waals surface area contributed by atoms with Crippen LogP contribution in [0, 0.1) is 11.8 Å². The Morgan fingerprint density at radius 2 is 2.11 bits per heavy atom. The summed E-state index contributed by atoms with van der Waals surface area (Å²) in [4.78, 5) is 11.5. The van der Waals surface area contributed by atoms with Crippen LogP contribution in [-0.4, -0.2) is 29.6 Å². The third-order valence-electron chi connectivity index (χ3n) is 2.53. The number of rotatable bonds is 5. The van der Waals surface area contributed by atoms with Gasteiger partial charge in [-0.3, -0.25) is 4.79 Å². The predicted molar refractivity (Wildman–Crippen MR) is 80.0 cm³/mol. The van der Waals surface area contributed by atoms with Gasteiger partial charge in [0.2, 0.25) is 5.91 Å². The third kappa shape index (κ3) is 5.82. The fourth-order valence-corrected chi connectivity index (χ4v) is 1.92. The van der Waals surface area contributed by atoms with Crippen LogP contribution in [0.3, 0.4) is 0 Å². The summed E-state index contributed by atoms with van der Waals surface area (Å²) in [5.74, 6) is 6.38. The zero-order chi connectivity index (χ0) is 14.1. The average molecular weight is 277 g/mol. The SMILES string of the molecule is CSCC(=O)NC(C)c1ccc(C#CCCO)cc1. The number of nitrogens with one attached hydrogen (secondary N) is 1. The summed E-state index contributed by atoms with van der Waals surface area (Å²) in [5, 5.41) is 11.6. The lowest BCUT2D eigenvalue weighted by atomic mass is 10.1. The molecular formula is C15H19NO2S. The minimum absolute atomic E-state index is 0.000832. The zero-order valence-electron chi connectivity index (χ0n) is 11.3. The van der Waals surface area contributed by atoms with E-state index in [-0.39, 0.29) is 18.6 Å². The van der Waals surface area contributed by atoms with Crippen molar-refractivity contribution in [2.24, 2.45) is 0 Å². The van der Waals surface area contributed by atoms with E-state index in [4.69, 9.17) is 5.11 Å². The molecule has 1 unspecified atom stereocenters. The minimum atomic E-state index is -0.000832. The van der Waals surface area contributed by atoms with E-state index in [0.717, 1.165) is 11.1 Å². The van der Waals surface area contributed by atoms with Gasteiger partial charge >= 0.3 is 0 Å². The molecule has 0 aliphatic heterocycles. The molecule has 0 fully saturated rings. The van der Waals surface area contributed by atoms with Gasteiger partial charge in [-0.25, -0.2) is 0 Å². The number of aliphatic hydroxyl groups is 1. The van der Waals surface area contributed by atoms with E-state index in [1.165, 1.54) is 11.8 Å². The van der Waals surface area contributed by atoms with Gasteiger partial charge < -0.3 is 10.4 Å². The molecule has 0 saturated carbocycles. The Labute approximate surface area is 118 Å². The maximum Gasteiger partial charge on any atom is 0.230 e. The standard InChI is InChI=1S/C15H19NO2S/c1-12(16-15(18)11-19-2)14-8-6-13(7-9-14)5-3-4-10-17/h6-9,12,17H,4,10-11H2,1-2H3,(H,16,18). The molecule has 0 spiro atoms. The molecule has 0 aliphatic carbocycles. The van der Waals surface area contributed by atoms with Gasteiger partial charge in [0, 0.05) is 12.0 Å². The number of benzene rings is 1. The highest BCUT2D eigenvalue weighted by atomic mass is 32.2. The van der Waals surface area contributed by atoms with Crippen molar-refractivity contribution in [1.82, 2.24) is 5.32 Å². The first-order valence-corrected chi connectivity index (χ1v) is 7.54. The molecule has 0 bridgehead atoms. The van der Waals surface area contributed by atoms with E-state index in [9.17, 15) is 4.79 Å². The predicted octanol–water partition coefficient (Wildman–Crippen LogP) is 1.96. The third-order valence-corrected chi connectivity index (χ3v) is 3.08. The van der Waals surface area contributed by atoms with E-state index in [1.54, 1.807) is 0 Å². The molecular weight excluding hydrogens is 258 g/mol. The number of carbonyl (C=O) groups excluding carboxylic acids is 1. The van der Waals surface area contributed by atoms with Gasteiger partial charge in [0.1, 0.15) is 0 Å². The lowest BCUT2D eigenvalue weighted by Gasteiger charge is -2.13. The van der Waals surface area contributed by atoms with Crippen LogP contribution < -0.4 is 5.32 Å². The van der Waals surface area contributed by atoms with Gasteiger partial charge in [-0.2, -0.15) is 11.8 Å². The first kappa shape index (κ1) is 15.6. The number of amides is 1. The van der Waals surface area contributed by atoms with Crippen LogP contribution in [0.4, 0.5) is 0 Å². The van der Waals surface area contributed by atoms with E-state index in [1.807, 2.05) is 37.4 Å². The molecule has 19 heavy (non-hydrogen) atoms. The normalized spacial score (nSPS) is 11.3. The summed E-state index contributed by atoms with van der Waals surface area (Å²) < 4.78 is 0. The van der Waals surface area contributed by atoms with Gasteiger partial charge in [-0.05, 0) is 30.9 Å². The Hall–Kier alpha value is -1.44. The molecule has 4 heteroatoms. The topological polar surface area (TPSA) is 49.3 Å². The van der Waals surface area contributed by atoms with E-state index < -0.39 is 0 Å². The maximum atomic E-state index is 11.5. The molecule has 0 aromatic heterocycles. The van der Waals surface area contributed by atoms with E-state index in [0.29, 0.717) is 12.2 Å². The Kier molecular flexibility index (Phi) is 7.09. The lowest BCUT2D eigenvalue weighted by molar-refractivity contribution is -0.119. The first-order chi connectivity index (χ1) is 9.17. The number of aliphatic hydroxyl groups excluding tert-OH is 1. The minimum Gasteiger partial charge on any atom is -0.395 e. The van der Waals surface area contributed by atoms with Crippen molar-refractivity contribution in [1.29, 1.82) is 0 Å². The highest BCUT2D eigenvalue weighted by Gasteiger charge is 2.08. The van der Waals surface area contributed by atoms with Gasteiger partial charge in [-0.1, -0.05) is 24.0 Å². The fraction of sp³-hybridized carbons (Fsp3) is 0.400.